The van der Waals surface area contributed by atoms with Crippen LogP contribution in [0.2, 0.25) is 0 Å². The second-order valence-corrected chi connectivity index (χ2v) is 7.95. The van der Waals surface area contributed by atoms with Crippen molar-refractivity contribution in [3.63, 3.8) is 0 Å². The Hall–Kier alpha value is -4.50. The van der Waals surface area contributed by atoms with E-state index in [1.807, 2.05) is 48.5 Å². The van der Waals surface area contributed by atoms with Crippen LogP contribution in [0.15, 0.2) is 127 Å². The number of nitrogen functional groups attached to an aromatic ring is 2. The third-order valence-electron chi connectivity index (χ3n) is 5.75. The van der Waals surface area contributed by atoms with E-state index in [-0.39, 0.29) is 0 Å². The van der Waals surface area contributed by atoms with Crippen LogP contribution in [0.3, 0.4) is 0 Å². The highest BCUT2D eigenvalue weighted by atomic mass is 15.0. The van der Waals surface area contributed by atoms with Crippen molar-refractivity contribution in [2.45, 2.75) is 0 Å². The van der Waals surface area contributed by atoms with Crippen LogP contribution >= 0.6 is 0 Å². The monoisotopic (exact) mass is 427 g/mol. The van der Waals surface area contributed by atoms with Crippen molar-refractivity contribution in [3.05, 3.63) is 127 Å². The van der Waals surface area contributed by atoms with Crippen LogP contribution in [0, 0.1) is 0 Å². The van der Waals surface area contributed by atoms with Gasteiger partial charge in [0.1, 0.15) is 0 Å². The molecule has 0 fully saturated rings. The minimum Gasteiger partial charge on any atom is -0.399 e. The summed E-state index contributed by atoms with van der Waals surface area (Å²) in [7, 11) is 0. The number of hydrogen-bond donors (Lipinski definition) is 2. The van der Waals surface area contributed by atoms with Gasteiger partial charge in [-0.1, -0.05) is 78.9 Å². The molecule has 0 atom stereocenters. The quantitative estimate of drug-likeness (QED) is 0.285. The zero-order chi connectivity index (χ0) is 22.6. The molecule has 1 aromatic heterocycles. The lowest BCUT2D eigenvalue weighted by atomic mass is 10.1. The molecule has 0 aliphatic heterocycles. The van der Waals surface area contributed by atoms with Gasteiger partial charge in [0.15, 0.2) is 0 Å². The van der Waals surface area contributed by atoms with Crippen molar-refractivity contribution in [2.24, 2.45) is 0 Å². The average Bonchev–Trinajstić information content (AvgIpc) is 3.21. The van der Waals surface area contributed by atoms with Gasteiger partial charge in [-0.15, -0.1) is 0 Å². The average molecular weight is 428 g/mol. The summed E-state index contributed by atoms with van der Waals surface area (Å²) in [6.45, 7) is 0. The van der Waals surface area contributed by atoms with Crippen LogP contribution in [0.1, 0.15) is 0 Å². The van der Waals surface area contributed by atoms with E-state index in [9.17, 15) is 0 Å². The first-order valence-electron chi connectivity index (χ1n) is 11.0. The Labute approximate surface area is 193 Å². The Morgan fingerprint density at radius 1 is 0.394 bits per heavy atom. The van der Waals surface area contributed by atoms with Crippen LogP contribution in [-0.2, 0) is 0 Å². The van der Waals surface area contributed by atoms with Gasteiger partial charge >= 0.3 is 0 Å². The summed E-state index contributed by atoms with van der Waals surface area (Å²) in [6.07, 6.45) is 0. The summed E-state index contributed by atoms with van der Waals surface area (Å²) < 4.78 is 2.32. The highest BCUT2D eigenvalue weighted by Gasteiger charge is 2.10. The summed E-state index contributed by atoms with van der Waals surface area (Å²) in [6, 6.07) is 43.2. The van der Waals surface area contributed by atoms with E-state index >= 15 is 0 Å². The molecule has 160 valence electrons. The number of aromatic nitrogens is 1. The second-order valence-electron chi connectivity index (χ2n) is 7.95. The van der Waals surface area contributed by atoms with E-state index in [1.54, 1.807) is 0 Å². The van der Waals surface area contributed by atoms with Crippen LogP contribution in [-0.4, -0.2) is 4.57 Å². The molecule has 0 saturated heterocycles. The summed E-state index contributed by atoms with van der Waals surface area (Å²) in [5, 5.41) is 2.61. The molecule has 0 bridgehead atoms. The Morgan fingerprint density at radius 3 is 1.24 bits per heavy atom. The first kappa shape index (κ1) is 20.4. The Kier molecular flexibility index (Phi) is 5.52. The molecule has 0 amide bonds. The second kappa shape index (κ2) is 8.93. The van der Waals surface area contributed by atoms with Gasteiger partial charge in [0.25, 0.3) is 0 Å². The van der Waals surface area contributed by atoms with Gasteiger partial charge < -0.3 is 16.0 Å². The topological polar surface area (TPSA) is 57.0 Å². The molecule has 4 N–H and O–H groups in total. The zero-order valence-electron chi connectivity index (χ0n) is 18.2. The molecule has 5 aromatic carbocycles. The number of benzene rings is 5. The number of rotatable bonds is 2. The van der Waals surface area contributed by atoms with Gasteiger partial charge in [-0.25, -0.2) is 0 Å². The third-order valence-corrected chi connectivity index (χ3v) is 5.75. The van der Waals surface area contributed by atoms with Crippen molar-refractivity contribution in [1.82, 2.24) is 4.57 Å². The van der Waals surface area contributed by atoms with Crippen LogP contribution in [0.4, 0.5) is 11.4 Å². The maximum Gasteiger partial charge on any atom is 0.0541 e. The fourth-order valence-electron chi connectivity index (χ4n) is 4.13. The first-order chi connectivity index (χ1) is 16.2. The van der Waals surface area contributed by atoms with Crippen molar-refractivity contribution in [2.75, 3.05) is 11.5 Å². The predicted octanol–water partition coefficient (Wildman–Crippen LogP) is 7.30. The smallest absolute Gasteiger partial charge is 0.0541 e. The molecule has 0 radical (unpaired) electrons. The Bertz CT molecular complexity index is 1400. The highest BCUT2D eigenvalue weighted by molar-refractivity contribution is 6.09. The Morgan fingerprint density at radius 2 is 0.788 bits per heavy atom. The molecule has 0 aliphatic rings. The van der Waals surface area contributed by atoms with Gasteiger partial charge in [-0.2, -0.15) is 0 Å². The van der Waals surface area contributed by atoms with E-state index in [1.165, 1.54) is 27.5 Å². The molecule has 6 aromatic rings. The summed E-state index contributed by atoms with van der Waals surface area (Å²) >= 11 is 0. The molecule has 6 rings (SSSR count). The number of hydrogen-bond acceptors (Lipinski definition) is 2. The van der Waals surface area contributed by atoms with Crippen molar-refractivity contribution in [1.29, 1.82) is 0 Å². The summed E-state index contributed by atoms with van der Waals surface area (Å²) in [5.74, 6) is 0. The summed E-state index contributed by atoms with van der Waals surface area (Å²) in [5.41, 5.74) is 18.8. The number of para-hydroxylation sites is 3. The van der Waals surface area contributed by atoms with E-state index in [4.69, 9.17) is 11.5 Å². The van der Waals surface area contributed by atoms with Gasteiger partial charge in [-0.05, 0) is 59.7 Å². The fraction of sp³-hybridized carbons (Fsp3) is 0. The minimum absolute atomic E-state index is 0.782. The standard InChI is InChI=1S/C18H13N.C12H12N2/c1-2-8-14(9-3-1)19-17-12-6-4-10-15(17)16-11-5-7-13-18(16)19;13-11-5-1-9(2-6-11)10-3-7-12(14)8-4-10/h1-13H;1-8H,13-14H2. The molecule has 0 unspecified atom stereocenters. The minimum atomic E-state index is 0.782. The molecule has 1 heterocycles. The number of anilines is 2. The van der Waals surface area contributed by atoms with E-state index in [0.717, 1.165) is 22.5 Å². The zero-order valence-corrected chi connectivity index (χ0v) is 18.2. The van der Waals surface area contributed by atoms with Crippen molar-refractivity contribution < 1.29 is 0 Å². The maximum atomic E-state index is 5.61. The van der Waals surface area contributed by atoms with Crippen LogP contribution in [0.25, 0.3) is 38.6 Å². The van der Waals surface area contributed by atoms with Gasteiger partial charge in [0, 0.05) is 27.8 Å². The molecule has 0 saturated carbocycles. The lowest BCUT2D eigenvalue weighted by Gasteiger charge is -2.06. The molecule has 3 heteroatoms. The van der Waals surface area contributed by atoms with Crippen molar-refractivity contribution >= 4 is 33.2 Å². The lowest BCUT2D eigenvalue weighted by Crippen LogP contribution is -1.92. The van der Waals surface area contributed by atoms with E-state index in [2.05, 4.69) is 83.4 Å². The van der Waals surface area contributed by atoms with Gasteiger partial charge in [0.2, 0.25) is 0 Å². The van der Waals surface area contributed by atoms with E-state index < -0.39 is 0 Å². The Balaban J connectivity index is 0.000000146. The largest absolute Gasteiger partial charge is 0.399 e. The summed E-state index contributed by atoms with van der Waals surface area (Å²) in [4.78, 5) is 0. The first-order valence-corrected chi connectivity index (χ1v) is 11.0. The van der Waals surface area contributed by atoms with Gasteiger partial charge in [0.05, 0.1) is 11.0 Å². The fourth-order valence-corrected chi connectivity index (χ4v) is 4.13. The molecule has 33 heavy (non-hydrogen) atoms. The van der Waals surface area contributed by atoms with E-state index in [0.29, 0.717) is 0 Å². The van der Waals surface area contributed by atoms with Crippen LogP contribution < -0.4 is 11.5 Å². The predicted molar refractivity (Wildman–Crippen MR) is 141 cm³/mol. The molecule has 0 spiro atoms. The molecule has 0 aliphatic carbocycles. The number of nitrogens with zero attached hydrogens (tertiary/aromatic N) is 1. The van der Waals surface area contributed by atoms with Crippen LogP contribution in [0.5, 0.6) is 0 Å². The third kappa shape index (κ3) is 4.17. The SMILES string of the molecule is Nc1ccc(-c2ccc(N)cc2)cc1.c1ccc(-n2c3ccccc3c3ccccc32)cc1. The maximum absolute atomic E-state index is 5.61. The van der Waals surface area contributed by atoms with Gasteiger partial charge in [-0.3, -0.25) is 0 Å². The normalized spacial score (nSPS) is 10.7. The molecular weight excluding hydrogens is 402 g/mol. The lowest BCUT2D eigenvalue weighted by molar-refractivity contribution is 1.18. The highest BCUT2D eigenvalue weighted by Crippen LogP contribution is 2.31. The number of nitrogens with two attached hydrogens (primary N) is 2. The molecular formula is C30H25N3. The van der Waals surface area contributed by atoms with Crippen molar-refractivity contribution in [3.8, 4) is 16.8 Å². The molecule has 3 nitrogen and oxygen atoms in total. The number of fused-ring (bicyclic) bond motifs is 3.